The van der Waals surface area contributed by atoms with Gasteiger partial charge in [-0.3, -0.25) is 0 Å². The number of benzene rings is 2. The number of aromatic nitrogens is 2. The average Bonchev–Trinajstić information content (AvgIpc) is 3.31. The van der Waals surface area contributed by atoms with Gasteiger partial charge in [0.1, 0.15) is 11.5 Å². The lowest BCUT2D eigenvalue weighted by molar-refractivity contribution is 0.187. The summed E-state index contributed by atoms with van der Waals surface area (Å²) >= 11 is 0. The summed E-state index contributed by atoms with van der Waals surface area (Å²) in [4.78, 5) is 19.0. The Hall–Kier alpha value is -3.55. The normalized spacial score (nSPS) is 14.3. The predicted octanol–water partition coefficient (Wildman–Crippen LogP) is 4.56. The number of hydrogen-bond acceptors (Lipinski definition) is 6. The van der Waals surface area contributed by atoms with Gasteiger partial charge in [-0.25, -0.2) is 4.79 Å². The summed E-state index contributed by atoms with van der Waals surface area (Å²) in [6.07, 6.45) is 1.56. The minimum Gasteiger partial charge on any atom is -0.497 e. The second-order valence-electron chi connectivity index (χ2n) is 7.33. The molecule has 2 aromatic carbocycles. The Morgan fingerprint density at radius 3 is 2.42 bits per heavy atom. The number of carbonyl (C=O) groups excluding carboxylic acids is 1. The first-order valence-electron chi connectivity index (χ1n) is 10.4. The Bertz CT molecular complexity index is 993. The van der Waals surface area contributed by atoms with Crippen molar-refractivity contribution in [2.75, 3.05) is 32.1 Å². The zero-order valence-corrected chi connectivity index (χ0v) is 17.7. The molecule has 0 saturated carbocycles. The molecule has 1 aliphatic rings. The van der Waals surface area contributed by atoms with Gasteiger partial charge in [0.15, 0.2) is 0 Å². The van der Waals surface area contributed by atoms with Crippen molar-refractivity contribution in [3.63, 3.8) is 0 Å². The molecule has 0 spiro atoms. The van der Waals surface area contributed by atoms with Crippen LogP contribution in [0.25, 0.3) is 11.4 Å². The van der Waals surface area contributed by atoms with E-state index in [1.54, 1.807) is 7.11 Å². The first kappa shape index (κ1) is 20.7. The molecule has 1 saturated heterocycles. The number of anilines is 1. The fourth-order valence-corrected chi connectivity index (χ4v) is 3.59. The number of methoxy groups -OCH3 is 1. The molecule has 0 aliphatic carbocycles. The number of ether oxygens (including phenoxy) is 2. The lowest BCUT2D eigenvalue weighted by Gasteiger charge is -2.30. The largest absolute Gasteiger partial charge is 0.497 e. The lowest BCUT2D eigenvalue weighted by Crippen LogP contribution is -2.40. The summed E-state index contributed by atoms with van der Waals surface area (Å²) in [5.74, 6) is 2.90. The van der Waals surface area contributed by atoms with Crippen molar-refractivity contribution >= 4 is 11.7 Å². The van der Waals surface area contributed by atoms with Crippen LogP contribution in [0.4, 0.5) is 10.5 Å². The number of rotatable bonds is 6. The minimum absolute atomic E-state index is 0.105. The molecule has 0 atom stereocenters. The maximum atomic E-state index is 12.6. The Morgan fingerprint density at radius 1 is 1.10 bits per heavy atom. The van der Waals surface area contributed by atoms with Crippen molar-refractivity contribution in [3.05, 3.63) is 54.4 Å². The van der Waals surface area contributed by atoms with Crippen molar-refractivity contribution < 1.29 is 18.8 Å². The van der Waals surface area contributed by atoms with E-state index in [0.29, 0.717) is 31.4 Å². The molecule has 4 rings (SSSR count). The SMILES string of the molecule is CCOc1ccc(NC(=O)N2CCC(c3nc(-c4ccc(OC)cc4)no3)CC2)cc1. The highest BCUT2D eigenvalue weighted by Gasteiger charge is 2.27. The van der Waals surface area contributed by atoms with Gasteiger partial charge in [-0.1, -0.05) is 5.16 Å². The van der Waals surface area contributed by atoms with Gasteiger partial charge in [0.05, 0.1) is 13.7 Å². The van der Waals surface area contributed by atoms with Gasteiger partial charge < -0.3 is 24.2 Å². The Morgan fingerprint density at radius 2 is 1.77 bits per heavy atom. The van der Waals surface area contributed by atoms with Gasteiger partial charge in [-0.2, -0.15) is 4.98 Å². The van der Waals surface area contributed by atoms with E-state index < -0.39 is 0 Å². The molecule has 2 amide bonds. The van der Waals surface area contributed by atoms with Crippen molar-refractivity contribution in [1.82, 2.24) is 15.0 Å². The molecule has 162 valence electrons. The van der Waals surface area contributed by atoms with Gasteiger partial charge in [0, 0.05) is 30.3 Å². The maximum Gasteiger partial charge on any atom is 0.321 e. The molecule has 1 aromatic heterocycles. The van der Waals surface area contributed by atoms with Crippen molar-refractivity contribution in [2.45, 2.75) is 25.7 Å². The quantitative estimate of drug-likeness (QED) is 0.627. The zero-order valence-electron chi connectivity index (χ0n) is 17.7. The molecule has 8 nitrogen and oxygen atoms in total. The number of likely N-dealkylation sites (tertiary alicyclic amines) is 1. The molecular weight excluding hydrogens is 396 g/mol. The number of nitrogens with one attached hydrogen (secondary N) is 1. The van der Waals surface area contributed by atoms with E-state index in [4.69, 9.17) is 14.0 Å². The van der Waals surface area contributed by atoms with Crippen LogP contribution in [0.3, 0.4) is 0 Å². The zero-order chi connectivity index (χ0) is 21.6. The Kier molecular flexibility index (Phi) is 6.35. The fraction of sp³-hybridized carbons (Fsp3) is 0.348. The van der Waals surface area contributed by atoms with Crippen LogP contribution in [0.2, 0.25) is 0 Å². The highest BCUT2D eigenvalue weighted by Crippen LogP contribution is 2.29. The van der Waals surface area contributed by atoms with Crippen LogP contribution in [-0.2, 0) is 0 Å². The van der Waals surface area contributed by atoms with Crippen LogP contribution in [-0.4, -0.2) is 47.9 Å². The van der Waals surface area contributed by atoms with Crippen LogP contribution >= 0.6 is 0 Å². The highest BCUT2D eigenvalue weighted by atomic mass is 16.5. The lowest BCUT2D eigenvalue weighted by atomic mass is 9.97. The molecule has 31 heavy (non-hydrogen) atoms. The summed E-state index contributed by atoms with van der Waals surface area (Å²) in [6.45, 7) is 3.82. The molecule has 2 heterocycles. The van der Waals surface area contributed by atoms with Crippen LogP contribution in [0.5, 0.6) is 11.5 Å². The number of piperidine rings is 1. The first-order valence-corrected chi connectivity index (χ1v) is 10.4. The summed E-state index contributed by atoms with van der Waals surface area (Å²) in [7, 11) is 1.63. The third-order valence-electron chi connectivity index (χ3n) is 5.34. The number of urea groups is 1. The number of hydrogen-bond donors (Lipinski definition) is 1. The van der Waals surface area contributed by atoms with Crippen LogP contribution in [0, 0.1) is 0 Å². The summed E-state index contributed by atoms with van der Waals surface area (Å²) in [6, 6.07) is 14.8. The van der Waals surface area contributed by atoms with Gasteiger partial charge >= 0.3 is 6.03 Å². The molecule has 1 aliphatic heterocycles. The molecular formula is C23H26N4O4. The van der Waals surface area contributed by atoms with Crippen molar-refractivity contribution in [3.8, 4) is 22.9 Å². The van der Waals surface area contributed by atoms with E-state index in [0.717, 1.165) is 35.6 Å². The highest BCUT2D eigenvalue weighted by molar-refractivity contribution is 5.89. The molecule has 1 N–H and O–H groups in total. The van der Waals surface area contributed by atoms with Gasteiger partial charge in [0.2, 0.25) is 11.7 Å². The number of carbonyl (C=O) groups is 1. The van der Waals surface area contributed by atoms with Gasteiger partial charge in [0.25, 0.3) is 0 Å². The van der Waals surface area contributed by atoms with Crippen LogP contribution in [0.15, 0.2) is 53.1 Å². The molecule has 3 aromatic rings. The van der Waals surface area contributed by atoms with Crippen LogP contribution < -0.4 is 14.8 Å². The monoisotopic (exact) mass is 422 g/mol. The molecule has 0 radical (unpaired) electrons. The van der Waals surface area contributed by atoms with E-state index >= 15 is 0 Å². The smallest absolute Gasteiger partial charge is 0.321 e. The van der Waals surface area contributed by atoms with Crippen molar-refractivity contribution in [1.29, 1.82) is 0 Å². The molecule has 0 unspecified atom stereocenters. The fourth-order valence-electron chi connectivity index (χ4n) is 3.59. The maximum absolute atomic E-state index is 12.6. The van der Waals surface area contributed by atoms with E-state index in [9.17, 15) is 4.79 Å². The van der Waals surface area contributed by atoms with Crippen molar-refractivity contribution in [2.24, 2.45) is 0 Å². The van der Waals surface area contributed by atoms with Gasteiger partial charge in [-0.15, -0.1) is 0 Å². The summed E-state index contributed by atoms with van der Waals surface area (Å²) in [5, 5.41) is 7.06. The Labute approximate surface area is 181 Å². The van der Waals surface area contributed by atoms with Gasteiger partial charge in [-0.05, 0) is 68.3 Å². The second-order valence-corrected chi connectivity index (χ2v) is 7.33. The topological polar surface area (TPSA) is 89.7 Å². The summed E-state index contributed by atoms with van der Waals surface area (Å²) in [5.41, 5.74) is 1.62. The number of nitrogens with zero attached hydrogens (tertiary/aromatic N) is 3. The van der Waals surface area contributed by atoms with Crippen LogP contribution in [0.1, 0.15) is 31.6 Å². The average molecular weight is 422 g/mol. The van der Waals surface area contributed by atoms with E-state index in [1.807, 2.05) is 60.4 Å². The Balaban J connectivity index is 1.31. The molecule has 0 bridgehead atoms. The third kappa shape index (κ3) is 4.96. The van der Waals surface area contributed by atoms with E-state index in [2.05, 4.69) is 15.5 Å². The molecule has 8 heteroatoms. The van der Waals surface area contributed by atoms with E-state index in [1.165, 1.54) is 0 Å². The minimum atomic E-state index is -0.105. The third-order valence-corrected chi connectivity index (χ3v) is 5.34. The number of amides is 2. The van der Waals surface area contributed by atoms with E-state index in [-0.39, 0.29) is 11.9 Å². The predicted molar refractivity (Wildman–Crippen MR) is 116 cm³/mol. The first-order chi connectivity index (χ1) is 15.2. The molecule has 1 fully saturated rings. The summed E-state index contributed by atoms with van der Waals surface area (Å²) < 4.78 is 16.1. The standard InChI is InChI=1S/C23H26N4O4/c1-3-30-20-10-6-18(7-11-20)24-23(28)27-14-12-17(13-15-27)22-25-21(26-31-22)16-4-8-19(29-2)9-5-16/h4-11,17H,3,12-15H2,1-2H3,(H,24,28). The second kappa shape index (κ2) is 9.51.